The van der Waals surface area contributed by atoms with Crippen molar-refractivity contribution in [2.75, 3.05) is 11.5 Å². The molecular formula is C11H19IS2. The van der Waals surface area contributed by atoms with Gasteiger partial charge in [-0.2, -0.15) is 0 Å². The molecule has 1 rings (SSSR count). The van der Waals surface area contributed by atoms with Crippen molar-refractivity contribution in [3.63, 3.8) is 0 Å². The Hall–Kier alpha value is 1.17. The van der Waals surface area contributed by atoms with E-state index in [1.807, 2.05) is 0 Å². The molecule has 0 aliphatic carbocycles. The van der Waals surface area contributed by atoms with Crippen LogP contribution in [-0.2, 0) is 0 Å². The summed E-state index contributed by atoms with van der Waals surface area (Å²) >= 11 is 6.65. The number of allylic oxidation sites excluding steroid dienone is 1. The Labute approximate surface area is 110 Å². The molecule has 0 N–H and O–H groups in total. The molecule has 0 aromatic heterocycles. The van der Waals surface area contributed by atoms with Crippen LogP contribution in [-0.4, -0.2) is 16.1 Å². The van der Waals surface area contributed by atoms with Crippen molar-refractivity contribution in [2.45, 2.75) is 31.3 Å². The van der Waals surface area contributed by atoms with Crippen molar-refractivity contribution in [1.29, 1.82) is 0 Å². The van der Waals surface area contributed by atoms with E-state index in [-0.39, 0.29) is 0 Å². The van der Waals surface area contributed by atoms with Crippen LogP contribution in [0.4, 0.5) is 0 Å². The lowest BCUT2D eigenvalue weighted by Crippen LogP contribution is -2.17. The summed E-state index contributed by atoms with van der Waals surface area (Å²) in [5.74, 6) is 4.34. The fourth-order valence-corrected chi connectivity index (χ4v) is 5.55. The number of halogens is 1. The van der Waals surface area contributed by atoms with Crippen LogP contribution in [0.25, 0.3) is 0 Å². The van der Waals surface area contributed by atoms with Gasteiger partial charge in [-0.25, -0.2) is 0 Å². The second kappa shape index (κ2) is 7.44. The molecule has 1 fully saturated rings. The van der Waals surface area contributed by atoms with E-state index in [0.29, 0.717) is 0 Å². The Morgan fingerprint density at radius 2 is 2.00 bits per heavy atom. The zero-order chi connectivity index (χ0) is 10.4. The number of hydrogen-bond donors (Lipinski definition) is 0. The maximum absolute atomic E-state index is 2.41. The summed E-state index contributed by atoms with van der Waals surface area (Å²) in [5.41, 5.74) is 0. The maximum atomic E-state index is 2.41. The van der Waals surface area contributed by atoms with E-state index in [2.05, 4.69) is 70.1 Å². The van der Waals surface area contributed by atoms with Crippen molar-refractivity contribution in [3.8, 4) is 0 Å². The molecule has 1 heterocycles. The number of thioether (sulfide) groups is 2. The van der Waals surface area contributed by atoms with E-state index >= 15 is 0 Å². The highest BCUT2D eigenvalue weighted by Crippen LogP contribution is 2.38. The Morgan fingerprint density at radius 1 is 1.36 bits per heavy atom. The zero-order valence-corrected chi connectivity index (χ0v) is 12.7. The molecular weight excluding hydrogens is 323 g/mol. The SMILES string of the molecule is C[C@H](/C=C/I)C[C@@H](C)C1SCCCS1. The van der Waals surface area contributed by atoms with Gasteiger partial charge in [-0.1, -0.05) is 42.5 Å². The highest BCUT2D eigenvalue weighted by atomic mass is 127. The molecule has 0 bridgehead atoms. The third kappa shape index (κ3) is 4.79. The topological polar surface area (TPSA) is 0 Å². The molecule has 0 radical (unpaired) electrons. The average molecular weight is 342 g/mol. The Balaban J connectivity index is 2.28. The summed E-state index contributed by atoms with van der Waals surface area (Å²) in [6, 6.07) is 0. The van der Waals surface area contributed by atoms with Crippen LogP contribution in [0.5, 0.6) is 0 Å². The van der Waals surface area contributed by atoms with E-state index in [1.165, 1.54) is 24.3 Å². The van der Waals surface area contributed by atoms with E-state index < -0.39 is 0 Å². The van der Waals surface area contributed by atoms with Gasteiger partial charge in [0.15, 0.2) is 0 Å². The largest absolute Gasteiger partial charge is 0.147 e. The summed E-state index contributed by atoms with van der Waals surface area (Å²) in [6.07, 6.45) is 5.06. The molecule has 0 saturated carbocycles. The van der Waals surface area contributed by atoms with Gasteiger partial charge in [0.1, 0.15) is 0 Å². The van der Waals surface area contributed by atoms with Gasteiger partial charge in [0.25, 0.3) is 0 Å². The van der Waals surface area contributed by atoms with E-state index in [9.17, 15) is 0 Å². The highest BCUT2D eigenvalue weighted by molar-refractivity contribution is 14.1. The minimum atomic E-state index is 0.741. The lowest BCUT2D eigenvalue weighted by molar-refractivity contribution is 0.496. The predicted molar refractivity (Wildman–Crippen MR) is 79.4 cm³/mol. The first-order chi connectivity index (χ1) is 6.74. The summed E-state index contributed by atoms with van der Waals surface area (Å²) in [4.78, 5) is 0. The average Bonchev–Trinajstić information content (AvgIpc) is 2.19. The van der Waals surface area contributed by atoms with Gasteiger partial charge in [0, 0.05) is 0 Å². The fraction of sp³-hybridized carbons (Fsp3) is 0.818. The van der Waals surface area contributed by atoms with Crippen molar-refractivity contribution in [2.24, 2.45) is 11.8 Å². The third-order valence-corrected chi connectivity index (χ3v) is 6.33. The smallest absolute Gasteiger partial charge is 0.0528 e. The summed E-state index contributed by atoms with van der Waals surface area (Å²) in [7, 11) is 0. The van der Waals surface area contributed by atoms with Crippen LogP contribution in [0.15, 0.2) is 10.2 Å². The van der Waals surface area contributed by atoms with Gasteiger partial charge in [0.2, 0.25) is 0 Å². The Morgan fingerprint density at radius 3 is 2.57 bits per heavy atom. The summed E-state index contributed by atoms with van der Waals surface area (Å²) in [5, 5.41) is 0. The minimum Gasteiger partial charge on any atom is -0.147 e. The van der Waals surface area contributed by atoms with Gasteiger partial charge >= 0.3 is 0 Å². The summed E-state index contributed by atoms with van der Waals surface area (Å²) in [6.45, 7) is 4.73. The molecule has 0 spiro atoms. The normalized spacial score (nSPS) is 23.9. The van der Waals surface area contributed by atoms with Gasteiger partial charge in [-0.05, 0) is 40.3 Å². The highest BCUT2D eigenvalue weighted by Gasteiger charge is 2.21. The molecule has 1 saturated heterocycles. The molecule has 0 nitrogen and oxygen atoms in total. The van der Waals surface area contributed by atoms with Crippen molar-refractivity contribution in [1.82, 2.24) is 0 Å². The van der Waals surface area contributed by atoms with Gasteiger partial charge in [0.05, 0.1) is 4.58 Å². The molecule has 1 aliphatic heterocycles. The summed E-state index contributed by atoms with van der Waals surface area (Å²) < 4.78 is 3.00. The first-order valence-electron chi connectivity index (χ1n) is 5.24. The lowest BCUT2D eigenvalue weighted by atomic mass is 9.99. The minimum absolute atomic E-state index is 0.741. The second-order valence-corrected chi connectivity index (χ2v) is 7.49. The molecule has 1 aliphatic rings. The lowest BCUT2D eigenvalue weighted by Gasteiger charge is -2.27. The van der Waals surface area contributed by atoms with Crippen LogP contribution in [0, 0.1) is 11.8 Å². The molecule has 82 valence electrons. The molecule has 0 amide bonds. The molecule has 3 heteroatoms. The standard InChI is InChI=1S/C11H19IS2/c1-9(4-5-12)8-10(2)11-13-6-3-7-14-11/h4-5,9-11H,3,6-8H2,1-2H3/b5-4+/t9-,10-/m1/s1. The molecule has 0 aromatic rings. The second-order valence-electron chi connectivity index (χ2n) is 3.97. The van der Waals surface area contributed by atoms with Gasteiger partial charge in [-0.3, -0.25) is 0 Å². The third-order valence-electron chi connectivity index (χ3n) is 2.46. The van der Waals surface area contributed by atoms with Crippen molar-refractivity contribution in [3.05, 3.63) is 10.2 Å². The van der Waals surface area contributed by atoms with Crippen LogP contribution in [0.1, 0.15) is 26.7 Å². The van der Waals surface area contributed by atoms with Gasteiger partial charge in [-0.15, -0.1) is 23.5 Å². The zero-order valence-electron chi connectivity index (χ0n) is 8.91. The molecule has 2 atom stereocenters. The van der Waals surface area contributed by atoms with Crippen LogP contribution in [0.2, 0.25) is 0 Å². The molecule has 0 unspecified atom stereocenters. The quantitative estimate of drug-likeness (QED) is 0.674. The fourth-order valence-electron chi connectivity index (χ4n) is 1.73. The van der Waals surface area contributed by atoms with Crippen LogP contribution >= 0.6 is 46.1 Å². The molecule has 0 aromatic carbocycles. The maximum Gasteiger partial charge on any atom is 0.0528 e. The van der Waals surface area contributed by atoms with Crippen LogP contribution < -0.4 is 0 Å². The Bertz CT molecular complexity index is 176. The monoisotopic (exact) mass is 342 g/mol. The molecule has 14 heavy (non-hydrogen) atoms. The van der Waals surface area contributed by atoms with E-state index in [1.54, 1.807) is 0 Å². The predicted octanol–water partition coefficient (Wildman–Crippen LogP) is 4.79. The number of hydrogen-bond acceptors (Lipinski definition) is 2. The van der Waals surface area contributed by atoms with E-state index in [0.717, 1.165) is 16.4 Å². The first kappa shape index (κ1) is 13.2. The van der Waals surface area contributed by atoms with Gasteiger partial charge < -0.3 is 0 Å². The van der Waals surface area contributed by atoms with Crippen molar-refractivity contribution >= 4 is 46.1 Å². The number of rotatable bonds is 4. The van der Waals surface area contributed by atoms with E-state index in [4.69, 9.17) is 0 Å². The Kier molecular flexibility index (Phi) is 7.04. The van der Waals surface area contributed by atoms with Crippen LogP contribution in [0.3, 0.4) is 0 Å². The van der Waals surface area contributed by atoms with Crippen molar-refractivity contribution < 1.29 is 0 Å². The first-order valence-corrected chi connectivity index (χ1v) is 8.58.